The van der Waals surface area contributed by atoms with Crippen molar-refractivity contribution >= 4 is 11.7 Å². The maximum absolute atomic E-state index is 14.5. The number of rotatable bonds is 4. The average molecular weight is 501 g/mol. The molecule has 37 heavy (non-hydrogen) atoms. The van der Waals surface area contributed by atoms with E-state index in [2.05, 4.69) is 39.3 Å². The summed E-state index contributed by atoms with van der Waals surface area (Å²) in [6.45, 7) is 4.27. The van der Waals surface area contributed by atoms with Crippen molar-refractivity contribution in [1.82, 2.24) is 25.1 Å². The second-order valence-electron chi connectivity index (χ2n) is 10.0. The van der Waals surface area contributed by atoms with Gasteiger partial charge >= 0.3 is 0 Å². The topological polar surface area (TPSA) is 114 Å². The lowest BCUT2D eigenvalue weighted by molar-refractivity contribution is 0.102. The second kappa shape index (κ2) is 8.09. The molecule has 186 valence electrons. The van der Waals surface area contributed by atoms with Crippen LogP contribution in [0.5, 0.6) is 0 Å². The van der Waals surface area contributed by atoms with Gasteiger partial charge in [-0.25, -0.2) is 18.7 Å². The summed E-state index contributed by atoms with van der Waals surface area (Å²) in [7, 11) is 0. The van der Waals surface area contributed by atoms with Crippen LogP contribution >= 0.6 is 0 Å². The van der Waals surface area contributed by atoms with Gasteiger partial charge in [0.15, 0.2) is 0 Å². The lowest BCUT2D eigenvalue weighted by Crippen LogP contribution is -2.38. The number of hydrogen-bond donors (Lipinski definition) is 2. The van der Waals surface area contributed by atoms with Crippen molar-refractivity contribution in [1.29, 1.82) is 0 Å². The Kier molecular flexibility index (Phi) is 5.05. The third kappa shape index (κ3) is 3.32. The first-order valence-corrected chi connectivity index (χ1v) is 11.9. The first kappa shape index (κ1) is 23.1. The van der Waals surface area contributed by atoms with E-state index < -0.39 is 23.0 Å². The third-order valence-electron chi connectivity index (χ3n) is 7.93. The molecule has 0 unspecified atom stereocenters. The van der Waals surface area contributed by atoms with E-state index in [0.717, 1.165) is 30.3 Å². The molecule has 2 atom stereocenters. The number of pyridine rings is 1. The Morgan fingerprint density at radius 1 is 1.11 bits per heavy atom. The molecule has 6 rings (SSSR count). The van der Waals surface area contributed by atoms with Crippen molar-refractivity contribution in [3.05, 3.63) is 99.5 Å². The van der Waals surface area contributed by atoms with Gasteiger partial charge in [0.05, 0.1) is 34.3 Å². The van der Waals surface area contributed by atoms with Crippen LogP contribution in [0.15, 0.2) is 59.7 Å². The molecule has 2 N–H and O–H groups in total. The molecular formula is C27H22F2N6O2. The van der Waals surface area contributed by atoms with Gasteiger partial charge in [-0.2, -0.15) is 5.10 Å². The van der Waals surface area contributed by atoms with Crippen LogP contribution in [-0.2, 0) is 5.41 Å². The van der Waals surface area contributed by atoms with Crippen molar-refractivity contribution < 1.29 is 13.6 Å². The Morgan fingerprint density at radius 3 is 2.59 bits per heavy atom. The monoisotopic (exact) mass is 500 g/mol. The van der Waals surface area contributed by atoms with Crippen molar-refractivity contribution in [2.75, 3.05) is 5.32 Å². The number of anilines is 1. The van der Waals surface area contributed by atoms with Crippen LogP contribution in [0.4, 0.5) is 14.6 Å². The van der Waals surface area contributed by atoms with Gasteiger partial charge in [-0.1, -0.05) is 26.0 Å². The molecule has 2 aliphatic rings. The number of nitrogens with one attached hydrogen (secondary N) is 2. The lowest BCUT2D eigenvalue weighted by atomic mass is 9.66. The van der Waals surface area contributed by atoms with Gasteiger partial charge in [-0.15, -0.1) is 5.10 Å². The number of benzene rings is 1. The van der Waals surface area contributed by atoms with Crippen LogP contribution in [0.2, 0.25) is 0 Å². The highest BCUT2D eigenvalue weighted by Gasteiger charge is 2.65. The zero-order chi connectivity index (χ0) is 25.9. The quantitative estimate of drug-likeness (QED) is 0.431. The number of carbonyl (C=O) groups is 1. The highest BCUT2D eigenvalue weighted by atomic mass is 19.1. The number of amides is 1. The van der Waals surface area contributed by atoms with Crippen molar-refractivity contribution in [3.63, 3.8) is 0 Å². The summed E-state index contributed by atoms with van der Waals surface area (Å²) in [6, 6.07) is 10.7. The van der Waals surface area contributed by atoms with Gasteiger partial charge in [-0.05, 0) is 60.1 Å². The number of H-pyrrole nitrogens is 1. The number of halogens is 2. The van der Waals surface area contributed by atoms with Gasteiger partial charge < -0.3 is 10.3 Å². The maximum Gasteiger partial charge on any atom is 0.275 e. The standard InChI is InChI=1S/C27H22F2N6O2/c1-26(2)15-9-10-27(26,24-14(15)11-19(34-35-24)23-16(28)5-3-6-17(23)29)20-8-4-7-18(32-20)25(37)33-21-12-31-22(36)13-30-21/h3-8,11-13,15H,9-10H2,1-2H3,(H,31,36)(H,30,33,37)/t15-,27+/m0/s1. The smallest absolute Gasteiger partial charge is 0.275 e. The predicted molar refractivity (Wildman–Crippen MR) is 131 cm³/mol. The molecule has 3 heterocycles. The second-order valence-corrected chi connectivity index (χ2v) is 10.0. The molecule has 0 spiro atoms. The first-order chi connectivity index (χ1) is 17.7. The first-order valence-electron chi connectivity index (χ1n) is 11.9. The molecular weight excluding hydrogens is 478 g/mol. The van der Waals surface area contributed by atoms with Gasteiger partial charge in [0.1, 0.15) is 23.1 Å². The fourth-order valence-electron chi connectivity index (χ4n) is 6.15. The summed E-state index contributed by atoms with van der Waals surface area (Å²) in [5.41, 5.74) is 1.11. The van der Waals surface area contributed by atoms with E-state index in [9.17, 15) is 18.4 Å². The highest BCUT2D eigenvalue weighted by molar-refractivity contribution is 6.02. The van der Waals surface area contributed by atoms with Crippen LogP contribution in [-0.4, -0.2) is 31.1 Å². The largest absolute Gasteiger partial charge is 0.324 e. The van der Waals surface area contributed by atoms with Crippen molar-refractivity contribution in [2.24, 2.45) is 5.41 Å². The fourth-order valence-corrected chi connectivity index (χ4v) is 6.15. The van der Waals surface area contributed by atoms with Crippen LogP contribution in [0.1, 0.15) is 60.0 Å². The molecule has 3 aromatic heterocycles. The maximum atomic E-state index is 14.5. The van der Waals surface area contributed by atoms with E-state index >= 15 is 0 Å². The SMILES string of the molecule is CC1(C)[C@H]2CC[C@@]1(c1cccc(C(=O)Nc3c[nH]c(=O)cn3)n1)c1nnc(-c3c(F)cccc3F)cc12. The molecule has 1 amide bonds. The number of aromatic nitrogens is 5. The van der Waals surface area contributed by atoms with Crippen LogP contribution < -0.4 is 10.9 Å². The molecule has 1 aromatic carbocycles. The minimum absolute atomic E-state index is 0.0798. The summed E-state index contributed by atoms with van der Waals surface area (Å²) in [6.07, 6.45) is 3.98. The van der Waals surface area contributed by atoms with Crippen LogP contribution in [0.25, 0.3) is 11.3 Å². The molecule has 0 aliphatic heterocycles. The molecule has 8 nitrogen and oxygen atoms in total. The highest BCUT2D eigenvalue weighted by Crippen LogP contribution is 2.69. The fraction of sp³-hybridized carbons (Fsp3) is 0.259. The molecule has 0 saturated heterocycles. The van der Waals surface area contributed by atoms with Gasteiger partial charge in [0.25, 0.3) is 11.5 Å². The number of carbonyl (C=O) groups excluding carboxylic acids is 1. The van der Waals surface area contributed by atoms with E-state index in [4.69, 9.17) is 4.98 Å². The third-order valence-corrected chi connectivity index (χ3v) is 7.93. The molecule has 0 radical (unpaired) electrons. The van der Waals surface area contributed by atoms with E-state index in [1.54, 1.807) is 18.2 Å². The molecule has 2 bridgehead atoms. The summed E-state index contributed by atoms with van der Waals surface area (Å²) in [5, 5.41) is 11.4. The predicted octanol–water partition coefficient (Wildman–Crippen LogP) is 4.36. The number of hydrogen-bond acceptors (Lipinski definition) is 6. The molecule has 4 aromatic rings. The summed E-state index contributed by atoms with van der Waals surface area (Å²) in [5.74, 6) is -1.58. The van der Waals surface area contributed by atoms with Crippen LogP contribution in [0, 0.1) is 17.0 Å². The summed E-state index contributed by atoms with van der Waals surface area (Å²) < 4.78 is 29.0. The van der Waals surface area contributed by atoms with Crippen molar-refractivity contribution in [2.45, 2.75) is 38.0 Å². The Hall–Kier alpha value is -4.34. The van der Waals surface area contributed by atoms with Gasteiger partial charge in [0.2, 0.25) is 0 Å². The minimum Gasteiger partial charge on any atom is -0.324 e. The van der Waals surface area contributed by atoms with E-state index in [1.165, 1.54) is 24.4 Å². The van der Waals surface area contributed by atoms with E-state index in [-0.39, 0.29) is 39.7 Å². The number of fused-ring (bicyclic) bond motifs is 5. The summed E-state index contributed by atoms with van der Waals surface area (Å²) >= 11 is 0. The molecule has 10 heteroatoms. The zero-order valence-corrected chi connectivity index (χ0v) is 20.0. The number of nitrogens with zero attached hydrogens (tertiary/aromatic N) is 4. The zero-order valence-electron chi connectivity index (χ0n) is 20.0. The Bertz CT molecular complexity index is 1590. The Balaban J connectivity index is 1.42. The van der Waals surface area contributed by atoms with Crippen LogP contribution in [0.3, 0.4) is 0 Å². The molecule has 1 fully saturated rings. The summed E-state index contributed by atoms with van der Waals surface area (Å²) in [4.78, 5) is 35.3. The van der Waals surface area contributed by atoms with E-state index in [1.807, 2.05) is 6.07 Å². The Morgan fingerprint density at radius 2 is 1.86 bits per heavy atom. The Labute approximate surface area is 210 Å². The average Bonchev–Trinajstić information content (AvgIpc) is 3.26. The molecule has 2 aliphatic carbocycles. The van der Waals surface area contributed by atoms with Gasteiger partial charge in [-0.3, -0.25) is 9.59 Å². The number of aromatic amines is 1. The normalized spacial score (nSPS) is 21.0. The molecule has 1 saturated carbocycles. The van der Waals surface area contributed by atoms with Crippen molar-refractivity contribution in [3.8, 4) is 11.3 Å². The lowest BCUT2D eigenvalue weighted by Gasteiger charge is -2.37. The van der Waals surface area contributed by atoms with E-state index in [0.29, 0.717) is 5.69 Å². The van der Waals surface area contributed by atoms with Gasteiger partial charge in [0, 0.05) is 6.20 Å². The minimum atomic E-state index is -0.691.